The molecular weight excluding hydrogens is 574 g/mol. The Kier molecular flexibility index (Phi) is 6.39. The molecular formula is C42H27N5. The van der Waals surface area contributed by atoms with E-state index in [9.17, 15) is 0 Å². The summed E-state index contributed by atoms with van der Waals surface area (Å²) in [6.07, 6.45) is 2.05. The van der Waals surface area contributed by atoms with E-state index in [1.807, 2.05) is 36.4 Å². The molecule has 0 N–H and O–H groups in total. The molecule has 0 bridgehead atoms. The Bertz CT molecular complexity index is 2550. The number of pyridine rings is 1. The number of hydrogen-bond donors (Lipinski definition) is 0. The fraction of sp³-hybridized carbons (Fsp3) is 0. The molecule has 9 aromatic rings. The van der Waals surface area contributed by atoms with Crippen LogP contribution in [-0.4, -0.2) is 24.5 Å². The maximum atomic E-state index is 5.11. The Morgan fingerprint density at radius 3 is 1.83 bits per heavy atom. The maximum Gasteiger partial charge on any atom is 0.182 e. The van der Waals surface area contributed by atoms with Crippen molar-refractivity contribution >= 4 is 32.6 Å². The van der Waals surface area contributed by atoms with Crippen LogP contribution in [0.4, 0.5) is 0 Å². The van der Waals surface area contributed by atoms with Crippen molar-refractivity contribution in [3.63, 3.8) is 0 Å². The quantitative estimate of drug-likeness (QED) is 0.184. The summed E-state index contributed by atoms with van der Waals surface area (Å²) in [4.78, 5) is 20.3. The first-order chi connectivity index (χ1) is 23.3. The number of aromatic nitrogens is 5. The summed E-state index contributed by atoms with van der Waals surface area (Å²) in [6, 6.07) is 54.3. The normalized spacial score (nSPS) is 11.4. The van der Waals surface area contributed by atoms with Gasteiger partial charge in [-0.15, -0.1) is 0 Å². The second kappa shape index (κ2) is 11.2. The predicted octanol–water partition coefficient (Wildman–Crippen LogP) is 10.2. The monoisotopic (exact) mass is 601 g/mol. The van der Waals surface area contributed by atoms with Crippen molar-refractivity contribution in [1.29, 1.82) is 0 Å². The molecule has 0 saturated carbocycles. The van der Waals surface area contributed by atoms with E-state index in [1.165, 1.54) is 10.9 Å². The van der Waals surface area contributed by atoms with E-state index in [0.29, 0.717) is 23.2 Å². The molecule has 0 aliphatic carbocycles. The van der Waals surface area contributed by atoms with Gasteiger partial charge in [-0.3, -0.25) is 0 Å². The van der Waals surface area contributed by atoms with Gasteiger partial charge in [-0.2, -0.15) is 0 Å². The van der Waals surface area contributed by atoms with Crippen LogP contribution in [0.3, 0.4) is 0 Å². The first-order valence-corrected chi connectivity index (χ1v) is 15.7. The highest BCUT2D eigenvalue weighted by Crippen LogP contribution is 2.35. The van der Waals surface area contributed by atoms with Crippen LogP contribution in [0, 0.1) is 0 Å². The van der Waals surface area contributed by atoms with E-state index in [2.05, 4.69) is 132 Å². The van der Waals surface area contributed by atoms with Gasteiger partial charge in [-0.05, 0) is 69.1 Å². The highest BCUT2D eigenvalue weighted by atomic mass is 15.1. The van der Waals surface area contributed by atoms with Gasteiger partial charge < -0.3 is 4.57 Å². The highest BCUT2D eigenvalue weighted by Gasteiger charge is 2.17. The van der Waals surface area contributed by atoms with Gasteiger partial charge in [0.2, 0.25) is 0 Å². The SMILES string of the molecule is c1ccc(-c2ccc(-c3nc(-c4ccc5c(ccn5-c5ccccc5)n4)nc(-c4cc5ccccc5c5ccccc45)n3)cc2)cc1. The average molecular weight is 602 g/mol. The standard InChI is InChI=1S/C42H27N5/c1-3-11-28(12-4-1)29-19-21-30(22-20-29)40-44-41(36-27-31-13-7-8-16-33(31)34-17-9-10-18-35(34)36)46-42(45-40)38-23-24-39-37(43-38)25-26-47(39)32-14-5-2-6-15-32/h1-27H. The predicted molar refractivity (Wildman–Crippen MR) is 191 cm³/mol. The lowest BCUT2D eigenvalue weighted by atomic mass is 9.97. The number of hydrogen-bond acceptors (Lipinski definition) is 4. The number of para-hydroxylation sites is 1. The Morgan fingerprint density at radius 1 is 0.404 bits per heavy atom. The van der Waals surface area contributed by atoms with E-state index in [0.717, 1.165) is 49.6 Å². The molecule has 0 unspecified atom stereocenters. The summed E-state index contributed by atoms with van der Waals surface area (Å²) in [5, 5.41) is 4.60. The highest BCUT2D eigenvalue weighted by molar-refractivity contribution is 6.13. The number of fused-ring (bicyclic) bond motifs is 4. The van der Waals surface area contributed by atoms with Crippen LogP contribution >= 0.6 is 0 Å². The van der Waals surface area contributed by atoms with Gasteiger partial charge in [0.05, 0.1) is 11.0 Å². The molecule has 0 atom stereocenters. The zero-order valence-corrected chi connectivity index (χ0v) is 25.3. The molecule has 0 amide bonds. The Morgan fingerprint density at radius 2 is 1.02 bits per heavy atom. The zero-order valence-electron chi connectivity index (χ0n) is 25.3. The summed E-state index contributed by atoms with van der Waals surface area (Å²) in [7, 11) is 0. The van der Waals surface area contributed by atoms with Crippen molar-refractivity contribution in [3.8, 4) is 51.1 Å². The third kappa shape index (κ3) is 4.82. The largest absolute Gasteiger partial charge is 0.315 e. The first kappa shape index (κ1) is 26.9. The molecule has 3 heterocycles. The number of nitrogens with zero attached hydrogens (tertiary/aromatic N) is 5. The molecule has 0 spiro atoms. The van der Waals surface area contributed by atoms with Crippen LogP contribution < -0.4 is 0 Å². The van der Waals surface area contributed by atoms with Crippen molar-refractivity contribution in [2.24, 2.45) is 0 Å². The Labute approximate surface area is 271 Å². The minimum absolute atomic E-state index is 0.531. The van der Waals surface area contributed by atoms with Gasteiger partial charge in [0.25, 0.3) is 0 Å². The molecule has 9 rings (SSSR count). The zero-order chi connectivity index (χ0) is 31.2. The smallest absolute Gasteiger partial charge is 0.182 e. The Hall–Kier alpha value is -6.46. The van der Waals surface area contributed by atoms with E-state index >= 15 is 0 Å². The molecule has 0 radical (unpaired) electrons. The minimum Gasteiger partial charge on any atom is -0.315 e. The van der Waals surface area contributed by atoms with Crippen LogP contribution in [0.15, 0.2) is 164 Å². The third-order valence-corrected chi connectivity index (χ3v) is 8.70. The van der Waals surface area contributed by atoms with Crippen molar-refractivity contribution in [1.82, 2.24) is 24.5 Å². The molecule has 5 heteroatoms. The Balaban J connectivity index is 1.23. The van der Waals surface area contributed by atoms with Gasteiger partial charge in [-0.25, -0.2) is 19.9 Å². The summed E-state index contributed by atoms with van der Waals surface area (Å²) in [6.45, 7) is 0. The van der Waals surface area contributed by atoms with Crippen LogP contribution in [-0.2, 0) is 0 Å². The fourth-order valence-corrected chi connectivity index (χ4v) is 6.38. The second-order valence-corrected chi connectivity index (χ2v) is 11.6. The van der Waals surface area contributed by atoms with E-state index in [-0.39, 0.29) is 0 Å². The molecule has 0 aliphatic heterocycles. The van der Waals surface area contributed by atoms with Gasteiger partial charge in [0.15, 0.2) is 17.5 Å². The molecule has 0 fully saturated rings. The second-order valence-electron chi connectivity index (χ2n) is 11.6. The van der Waals surface area contributed by atoms with Crippen molar-refractivity contribution in [3.05, 3.63) is 164 Å². The number of rotatable bonds is 5. The first-order valence-electron chi connectivity index (χ1n) is 15.7. The lowest BCUT2D eigenvalue weighted by Crippen LogP contribution is -2.02. The molecule has 47 heavy (non-hydrogen) atoms. The number of benzene rings is 6. The molecule has 5 nitrogen and oxygen atoms in total. The summed E-state index contributed by atoms with van der Waals surface area (Å²) < 4.78 is 2.14. The molecule has 0 saturated heterocycles. The third-order valence-electron chi connectivity index (χ3n) is 8.70. The fourth-order valence-electron chi connectivity index (χ4n) is 6.38. The molecule has 220 valence electrons. The molecule has 6 aromatic carbocycles. The topological polar surface area (TPSA) is 56.5 Å². The minimum atomic E-state index is 0.531. The summed E-state index contributed by atoms with van der Waals surface area (Å²) >= 11 is 0. The van der Waals surface area contributed by atoms with E-state index in [4.69, 9.17) is 19.9 Å². The van der Waals surface area contributed by atoms with Crippen molar-refractivity contribution in [2.45, 2.75) is 0 Å². The van der Waals surface area contributed by atoms with Crippen LogP contribution in [0.1, 0.15) is 0 Å². The van der Waals surface area contributed by atoms with Crippen molar-refractivity contribution in [2.75, 3.05) is 0 Å². The van der Waals surface area contributed by atoms with Crippen LogP contribution in [0.5, 0.6) is 0 Å². The average Bonchev–Trinajstić information content (AvgIpc) is 3.59. The summed E-state index contributed by atoms with van der Waals surface area (Å²) in [5.41, 5.74) is 7.85. The van der Waals surface area contributed by atoms with Gasteiger partial charge >= 0.3 is 0 Å². The van der Waals surface area contributed by atoms with Crippen molar-refractivity contribution < 1.29 is 0 Å². The van der Waals surface area contributed by atoms with Crippen LogP contribution in [0.2, 0.25) is 0 Å². The maximum absolute atomic E-state index is 5.11. The van der Waals surface area contributed by atoms with Gasteiger partial charge in [0, 0.05) is 23.0 Å². The molecule has 3 aromatic heterocycles. The van der Waals surface area contributed by atoms with E-state index < -0.39 is 0 Å². The van der Waals surface area contributed by atoms with Crippen LogP contribution in [0.25, 0.3) is 83.7 Å². The van der Waals surface area contributed by atoms with Gasteiger partial charge in [0.1, 0.15) is 5.69 Å². The lowest BCUT2D eigenvalue weighted by molar-refractivity contribution is 1.06. The van der Waals surface area contributed by atoms with Gasteiger partial charge in [-0.1, -0.05) is 121 Å². The summed E-state index contributed by atoms with van der Waals surface area (Å²) in [5.74, 6) is 1.75. The van der Waals surface area contributed by atoms with E-state index in [1.54, 1.807) is 0 Å². The lowest BCUT2D eigenvalue weighted by Gasteiger charge is -2.12. The molecule has 0 aliphatic rings.